The van der Waals surface area contributed by atoms with Crippen LogP contribution in [0, 0.1) is 0 Å². The van der Waals surface area contributed by atoms with E-state index in [1.54, 1.807) is 18.2 Å². The number of alkyl halides is 1. The van der Waals surface area contributed by atoms with Gasteiger partial charge in [0.1, 0.15) is 5.75 Å². The molecule has 1 saturated carbocycles. The topological polar surface area (TPSA) is 46.2 Å². The fourth-order valence-electron chi connectivity index (χ4n) is 1.90. The fourth-order valence-corrected chi connectivity index (χ4v) is 1.90. The maximum absolute atomic E-state index is 12.9. The van der Waals surface area contributed by atoms with Crippen molar-refractivity contribution < 1.29 is 9.50 Å². The van der Waals surface area contributed by atoms with Crippen molar-refractivity contribution in [2.24, 2.45) is 5.73 Å². The van der Waals surface area contributed by atoms with Crippen molar-refractivity contribution in [3.63, 3.8) is 0 Å². The van der Waals surface area contributed by atoms with E-state index in [9.17, 15) is 9.50 Å². The van der Waals surface area contributed by atoms with Crippen LogP contribution in [0.3, 0.4) is 0 Å². The molecule has 2 rings (SSSR count). The van der Waals surface area contributed by atoms with Crippen molar-refractivity contribution >= 4 is 0 Å². The largest absolute Gasteiger partial charge is 0.508 e. The van der Waals surface area contributed by atoms with E-state index in [2.05, 4.69) is 0 Å². The average Bonchev–Trinajstić information content (AvgIpc) is 2.93. The van der Waals surface area contributed by atoms with E-state index in [0.29, 0.717) is 6.42 Å². The first kappa shape index (κ1) is 10.4. The molecule has 1 aliphatic rings. The Labute approximate surface area is 88.9 Å². The molecule has 1 fully saturated rings. The molecule has 82 valence electrons. The molecule has 0 amide bonds. The summed E-state index contributed by atoms with van der Waals surface area (Å²) in [6.45, 7) is -0.414. The molecule has 1 aromatic rings. The van der Waals surface area contributed by atoms with Gasteiger partial charge in [-0.1, -0.05) is 12.1 Å². The molecule has 15 heavy (non-hydrogen) atoms. The first-order valence-electron chi connectivity index (χ1n) is 5.27. The van der Waals surface area contributed by atoms with Gasteiger partial charge in [0, 0.05) is 11.5 Å². The standard InChI is InChI=1S/C12H16FNO/c13-8-10(7-12(14)4-5-12)9-2-1-3-11(15)6-9/h1-3,6,10,15H,4-5,7-8,14H2. The lowest BCUT2D eigenvalue weighted by atomic mass is 9.92. The predicted octanol–water partition coefficient (Wildman–Crippen LogP) is 2.33. The smallest absolute Gasteiger partial charge is 0.115 e. The molecule has 0 aliphatic heterocycles. The van der Waals surface area contributed by atoms with Gasteiger partial charge in [-0.3, -0.25) is 4.39 Å². The molecule has 1 aromatic carbocycles. The molecule has 3 N–H and O–H groups in total. The van der Waals surface area contributed by atoms with E-state index in [1.807, 2.05) is 6.07 Å². The van der Waals surface area contributed by atoms with Gasteiger partial charge in [0.15, 0.2) is 0 Å². The lowest BCUT2D eigenvalue weighted by Crippen LogP contribution is -2.25. The van der Waals surface area contributed by atoms with Crippen LogP contribution in [0.1, 0.15) is 30.7 Å². The third-order valence-corrected chi connectivity index (χ3v) is 3.07. The summed E-state index contributed by atoms with van der Waals surface area (Å²) >= 11 is 0. The summed E-state index contributed by atoms with van der Waals surface area (Å²) in [6, 6.07) is 6.79. The van der Waals surface area contributed by atoms with Crippen molar-refractivity contribution in [1.29, 1.82) is 0 Å². The van der Waals surface area contributed by atoms with Crippen molar-refractivity contribution in [3.8, 4) is 5.75 Å². The maximum Gasteiger partial charge on any atom is 0.115 e. The number of phenols is 1. The van der Waals surface area contributed by atoms with Crippen LogP contribution in [-0.4, -0.2) is 17.3 Å². The van der Waals surface area contributed by atoms with Gasteiger partial charge in [-0.25, -0.2) is 0 Å². The van der Waals surface area contributed by atoms with E-state index in [4.69, 9.17) is 5.73 Å². The Kier molecular flexibility index (Phi) is 2.65. The number of benzene rings is 1. The van der Waals surface area contributed by atoms with Gasteiger partial charge in [-0.15, -0.1) is 0 Å². The van der Waals surface area contributed by atoms with E-state index >= 15 is 0 Å². The second kappa shape index (κ2) is 3.81. The molecule has 1 aliphatic carbocycles. The summed E-state index contributed by atoms with van der Waals surface area (Å²) < 4.78 is 12.9. The van der Waals surface area contributed by atoms with Gasteiger partial charge in [-0.2, -0.15) is 0 Å². The minimum absolute atomic E-state index is 0.151. The highest BCUT2D eigenvalue weighted by molar-refractivity contribution is 5.30. The second-order valence-corrected chi connectivity index (χ2v) is 4.51. The van der Waals surface area contributed by atoms with Gasteiger partial charge in [-0.05, 0) is 37.0 Å². The lowest BCUT2D eigenvalue weighted by Gasteiger charge is -2.18. The fraction of sp³-hybridized carbons (Fsp3) is 0.500. The van der Waals surface area contributed by atoms with Crippen LogP contribution in [-0.2, 0) is 0 Å². The number of phenolic OH excluding ortho intramolecular Hbond substituents is 1. The minimum atomic E-state index is -0.414. The van der Waals surface area contributed by atoms with Gasteiger partial charge in [0.2, 0.25) is 0 Å². The third kappa shape index (κ3) is 2.48. The van der Waals surface area contributed by atoms with Crippen LogP contribution >= 0.6 is 0 Å². The van der Waals surface area contributed by atoms with Crippen molar-refractivity contribution in [2.75, 3.05) is 6.67 Å². The normalized spacial score (nSPS) is 19.9. The molecule has 1 unspecified atom stereocenters. The molecule has 0 spiro atoms. The monoisotopic (exact) mass is 209 g/mol. The maximum atomic E-state index is 12.9. The summed E-state index contributed by atoms with van der Waals surface area (Å²) in [4.78, 5) is 0. The van der Waals surface area contributed by atoms with Crippen LogP contribution < -0.4 is 5.73 Å². The third-order valence-electron chi connectivity index (χ3n) is 3.07. The van der Waals surface area contributed by atoms with E-state index in [0.717, 1.165) is 18.4 Å². The molecule has 3 heteroatoms. The van der Waals surface area contributed by atoms with Crippen molar-refractivity contribution in [2.45, 2.75) is 30.7 Å². The summed E-state index contributed by atoms with van der Waals surface area (Å²) in [5.41, 5.74) is 6.66. The number of hydrogen-bond donors (Lipinski definition) is 2. The Morgan fingerprint density at radius 1 is 1.47 bits per heavy atom. The molecular weight excluding hydrogens is 193 g/mol. The summed E-state index contributed by atoms with van der Waals surface area (Å²) in [5, 5.41) is 9.32. The number of rotatable bonds is 4. The first-order chi connectivity index (χ1) is 7.13. The molecule has 0 heterocycles. The number of aromatic hydroxyl groups is 1. The van der Waals surface area contributed by atoms with Crippen LogP contribution in [0.25, 0.3) is 0 Å². The highest BCUT2D eigenvalue weighted by atomic mass is 19.1. The van der Waals surface area contributed by atoms with Crippen LogP contribution in [0.5, 0.6) is 5.75 Å². The van der Waals surface area contributed by atoms with E-state index < -0.39 is 6.67 Å². The first-order valence-corrected chi connectivity index (χ1v) is 5.27. The molecule has 0 saturated heterocycles. The summed E-state index contributed by atoms with van der Waals surface area (Å²) in [7, 11) is 0. The molecule has 1 atom stereocenters. The van der Waals surface area contributed by atoms with Crippen LogP contribution in [0.15, 0.2) is 24.3 Å². The molecule has 0 aromatic heterocycles. The molecule has 0 bridgehead atoms. The SMILES string of the molecule is NC1(CC(CF)c2cccc(O)c2)CC1. The summed E-state index contributed by atoms with van der Waals surface area (Å²) in [6.07, 6.45) is 2.65. The minimum Gasteiger partial charge on any atom is -0.508 e. The highest BCUT2D eigenvalue weighted by Gasteiger charge is 2.40. The second-order valence-electron chi connectivity index (χ2n) is 4.51. The Balaban J connectivity index is 2.11. The van der Waals surface area contributed by atoms with Gasteiger partial charge < -0.3 is 10.8 Å². The van der Waals surface area contributed by atoms with Gasteiger partial charge >= 0.3 is 0 Å². The quantitative estimate of drug-likeness (QED) is 0.799. The zero-order valence-corrected chi connectivity index (χ0v) is 8.62. The van der Waals surface area contributed by atoms with E-state index in [-0.39, 0.29) is 17.2 Å². The summed E-state index contributed by atoms with van der Waals surface area (Å²) in [5.74, 6) is 0.0115. The van der Waals surface area contributed by atoms with Gasteiger partial charge in [0.25, 0.3) is 0 Å². The number of nitrogens with two attached hydrogens (primary N) is 1. The lowest BCUT2D eigenvalue weighted by molar-refractivity contribution is 0.386. The zero-order chi connectivity index (χ0) is 10.9. The Bertz CT molecular complexity index is 349. The molecular formula is C12H16FNO. The van der Waals surface area contributed by atoms with Crippen molar-refractivity contribution in [1.82, 2.24) is 0 Å². The average molecular weight is 209 g/mol. The van der Waals surface area contributed by atoms with Crippen LogP contribution in [0.2, 0.25) is 0 Å². The van der Waals surface area contributed by atoms with E-state index in [1.165, 1.54) is 0 Å². The molecule has 0 radical (unpaired) electrons. The number of hydrogen-bond acceptors (Lipinski definition) is 2. The molecule has 2 nitrogen and oxygen atoms in total. The zero-order valence-electron chi connectivity index (χ0n) is 8.62. The number of halogens is 1. The predicted molar refractivity (Wildman–Crippen MR) is 57.6 cm³/mol. The van der Waals surface area contributed by atoms with Gasteiger partial charge in [0.05, 0.1) is 6.67 Å². The Hall–Kier alpha value is -1.09. The Morgan fingerprint density at radius 3 is 2.73 bits per heavy atom. The Morgan fingerprint density at radius 2 is 2.20 bits per heavy atom. The van der Waals surface area contributed by atoms with Crippen LogP contribution in [0.4, 0.5) is 4.39 Å². The highest BCUT2D eigenvalue weighted by Crippen LogP contribution is 2.41. The van der Waals surface area contributed by atoms with Crippen molar-refractivity contribution in [3.05, 3.63) is 29.8 Å².